The zero-order chi connectivity index (χ0) is 13.2. The van der Waals surface area contributed by atoms with E-state index in [4.69, 9.17) is 0 Å². The van der Waals surface area contributed by atoms with E-state index >= 15 is 0 Å². The Kier molecular flexibility index (Phi) is 4.31. The number of hydrogen-bond donors (Lipinski definition) is 1. The first-order chi connectivity index (χ1) is 8.48. The summed E-state index contributed by atoms with van der Waals surface area (Å²) in [5.74, 6) is 0.302. The molecule has 0 radical (unpaired) electrons. The Morgan fingerprint density at radius 1 is 1.28 bits per heavy atom. The molecule has 0 aromatic carbocycles. The van der Waals surface area contributed by atoms with Crippen molar-refractivity contribution in [1.82, 2.24) is 10.2 Å². The Morgan fingerprint density at radius 2 is 1.94 bits per heavy atom. The van der Waals surface area contributed by atoms with Gasteiger partial charge in [0.2, 0.25) is 5.91 Å². The number of nitrogens with zero attached hydrogens (tertiary/aromatic N) is 1. The van der Waals surface area contributed by atoms with Crippen molar-refractivity contribution in [2.45, 2.75) is 71.4 Å². The van der Waals surface area contributed by atoms with E-state index in [0.717, 1.165) is 13.1 Å². The average Bonchev–Trinajstić information content (AvgIpc) is 2.79. The SMILES string of the molecule is CC(NC1CCCC(C)(C)C1)C(=O)N1CCCC1. The first-order valence-corrected chi connectivity index (χ1v) is 7.53. The normalized spacial score (nSPS) is 29.3. The van der Waals surface area contributed by atoms with Crippen molar-refractivity contribution in [3.63, 3.8) is 0 Å². The van der Waals surface area contributed by atoms with Crippen LogP contribution in [0.4, 0.5) is 0 Å². The van der Waals surface area contributed by atoms with E-state index in [0.29, 0.717) is 17.4 Å². The molecule has 1 amide bonds. The monoisotopic (exact) mass is 252 g/mol. The van der Waals surface area contributed by atoms with Crippen LogP contribution in [-0.4, -0.2) is 36.0 Å². The van der Waals surface area contributed by atoms with Crippen molar-refractivity contribution >= 4 is 5.91 Å². The van der Waals surface area contributed by atoms with E-state index < -0.39 is 0 Å². The van der Waals surface area contributed by atoms with E-state index in [2.05, 4.69) is 19.2 Å². The first kappa shape index (κ1) is 13.9. The van der Waals surface area contributed by atoms with Crippen molar-refractivity contribution < 1.29 is 4.79 Å². The molecule has 1 aliphatic heterocycles. The highest BCUT2D eigenvalue weighted by atomic mass is 16.2. The molecule has 3 nitrogen and oxygen atoms in total. The zero-order valence-corrected chi connectivity index (χ0v) is 12.2. The molecule has 1 N–H and O–H groups in total. The Labute approximate surface area is 111 Å². The van der Waals surface area contributed by atoms with Crippen LogP contribution < -0.4 is 5.32 Å². The van der Waals surface area contributed by atoms with Gasteiger partial charge in [-0.1, -0.05) is 20.3 Å². The Hall–Kier alpha value is -0.570. The number of amides is 1. The second kappa shape index (κ2) is 5.60. The summed E-state index contributed by atoms with van der Waals surface area (Å²) in [4.78, 5) is 14.3. The largest absolute Gasteiger partial charge is 0.341 e. The van der Waals surface area contributed by atoms with Crippen LogP contribution in [0.3, 0.4) is 0 Å². The molecule has 1 heterocycles. The van der Waals surface area contributed by atoms with Gasteiger partial charge in [0.15, 0.2) is 0 Å². The minimum Gasteiger partial charge on any atom is -0.341 e. The molecular formula is C15H28N2O. The molecular weight excluding hydrogens is 224 g/mol. The molecule has 0 bridgehead atoms. The van der Waals surface area contributed by atoms with Gasteiger partial charge in [-0.25, -0.2) is 0 Å². The van der Waals surface area contributed by atoms with Gasteiger partial charge in [0.25, 0.3) is 0 Å². The summed E-state index contributed by atoms with van der Waals surface area (Å²) in [6.07, 6.45) is 7.38. The fraction of sp³-hybridized carbons (Fsp3) is 0.933. The lowest BCUT2D eigenvalue weighted by Crippen LogP contribution is -2.49. The van der Waals surface area contributed by atoms with Crippen LogP contribution >= 0.6 is 0 Å². The average molecular weight is 252 g/mol. The molecule has 0 aromatic rings. The molecule has 2 atom stereocenters. The van der Waals surface area contributed by atoms with Crippen LogP contribution in [0.5, 0.6) is 0 Å². The minimum atomic E-state index is -0.0120. The quantitative estimate of drug-likeness (QED) is 0.837. The summed E-state index contributed by atoms with van der Waals surface area (Å²) in [6.45, 7) is 8.63. The van der Waals surface area contributed by atoms with E-state index in [1.807, 2.05) is 11.8 Å². The fourth-order valence-electron chi connectivity index (χ4n) is 3.48. The van der Waals surface area contributed by atoms with Gasteiger partial charge >= 0.3 is 0 Å². The fourth-order valence-corrected chi connectivity index (χ4v) is 3.48. The van der Waals surface area contributed by atoms with Gasteiger partial charge in [-0.2, -0.15) is 0 Å². The van der Waals surface area contributed by atoms with Crippen LogP contribution in [0.15, 0.2) is 0 Å². The molecule has 2 rings (SSSR count). The van der Waals surface area contributed by atoms with Crippen LogP contribution in [0.2, 0.25) is 0 Å². The lowest BCUT2D eigenvalue weighted by atomic mass is 9.75. The lowest BCUT2D eigenvalue weighted by molar-refractivity contribution is -0.132. The highest BCUT2D eigenvalue weighted by Crippen LogP contribution is 2.35. The van der Waals surface area contributed by atoms with E-state index in [-0.39, 0.29) is 6.04 Å². The minimum absolute atomic E-state index is 0.0120. The second-order valence-corrected chi connectivity index (χ2v) is 6.88. The van der Waals surface area contributed by atoms with Crippen molar-refractivity contribution in [3.05, 3.63) is 0 Å². The third-order valence-corrected chi connectivity index (χ3v) is 4.48. The summed E-state index contributed by atoms with van der Waals surface area (Å²) >= 11 is 0. The summed E-state index contributed by atoms with van der Waals surface area (Å²) in [5, 5.41) is 3.56. The molecule has 0 spiro atoms. The van der Waals surface area contributed by atoms with Gasteiger partial charge in [0, 0.05) is 19.1 Å². The highest BCUT2D eigenvalue weighted by Gasteiger charge is 2.31. The molecule has 104 valence electrons. The number of hydrogen-bond acceptors (Lipinski definition) is 2. The van der Waals surface area contributed by atoms with E-state index in [1.165, 1.54) is 38.5 Å². The number of rotatable bonds is 3. The van der Waals surface area contributed by atoms with Gasteiger partial charge in [0.1, 0.15) is 0 Å². The highest BCUT2D eigenvalue weighted by molar-refractivity contribution is 5.81. The van der Waals surface area contributed by atoms with Crippen LogP contribution in [-0.2, 0) is 4.79 Å². The van der Waals surface area contributed by atoms with Gasteiger partial charge in [-0.3, -0.25) is 4.79 Å². The maximum absolute atomic E-state index is 12.2. The first-order valence-electron chi connectivity index (χ1n) is 7.53. The molecule has 1 aliphatic carbocycles. The van der Waals surface area contributed by atoms with Crippen molar-refractivity contribution in [1.29, 1.82) is 0 Å². The third-order valence-electron chi connectivity index (χ3n) is 4.48. The van der Waals surface area contributed by atoms with Crippen LogP contribution in [0.25, 0.3) is 0 Å². The van der Waals surface area contributed by atoms with E-state index in [9.17, 15) is 4.79 Å². The predicted molar refractivity (Wildman–Crippen MR) is 74.4 cm³/mol. The van der Waals surface area contributed by atoms with Crippen LogP contribution in [0, 0.1) is 5.41 Å². The zero-order valence-electron chi connectivity index (χ0n) is 12.2. The third kappa shape index (κ3) is 3.47. The van der Waals surface area contributed by atoms with Crippen molar-refractivity contribution in [2.75, 3.05) is 13.1 Å². The molecule has 2 aliphatic rings. The maximum Gasteiger partial charge on any atom is 0.239 e. The number of likely N-dealkylation sites (tertiary alicyclic amines) is 1. The smallest absolute Gasteiger partial charge is 0.239 e. The summed E-state index contributed by atoms with van der Waals surface area (Å²) < 4.78 is 0. The summed E-state index contributed by atoms with van der Waals surface area (Å²) in [6, 6.07) is 0.511. The summed E-state index contributed by atoms with van der Waals surface area (Å²) in [5.41, 5.74) is 0.437. The molecule has 1 saturated heterocycles. The maximum atomic E-state index is 12.2. The molecule has 0 aromatic heterocycles. The number of carbonyl (C=O) groups excluding carboxylic acids is 1. The predicted octanol–water partition coefficient (Wildman–Crippen LogP) is 2.56. The second-order valence-electron chi connectivity index (χ2n) is 6.88. The van der Waals surface area contributed by atoms with Gasteiger partial charge in [0.05, 0.1) is 6.04 Å². The van der Waals surface area contributed by atoms with E-state index in [1.54, 1.807) is 0 Å². The lowest BCUT2D eigenvalue weighted by Gasteiger charge is -2.37. The number of carbonyl (C=O) groups is 1. The summed E-state index contributed by atoms with van der Waals surface area (Å²) in [7, 11) is 0. The Balaban J connectivity index is 1.82. The van der Waals surface area contributed by atoms with Gasteiger partial charge in [-0.15, -0.1) is 0 Å². The van der Waals surface area contributed by atoms with Crippen molar-refractivity contribution in [3.8, 4) is 0 Å². The van der Waals surface area contributed by atoms with Crippen LogP contribution in [0.1, 0.15) is 59.3 Å². The van der Waals surface area contributed by atoms with Gasteiger partial charge in [-0.05, 0) is 44.4 Å². The number of nitrogens with one attached hydrogen (secondary N) is 1. The Bertz CT molecular complexity index is 295. The molecule has 18 heavy (non-hydrogen) atoms. The van der Waals surface area contributed by atoms with Crippen molar-refractivity contribution in [2.24, 2.45) is 5.41 Å². The molecule has 2 fully saturated rings. The topological polar surface area (TPSA) is 32.3 Å². The Morgan fingerprint density at radius 3 is 2.56 bits per heavy atom. The standard InChI is InChI=1S/C15H28N2O/c1-12(14(18)17-9-4-5-10-17)16-13-7-6-8-15(2,3)11-13/h12-13,16H,4-11H2,1-3H3. The molecule has 1 saturated carbocycles. The molecule has 2 unspecified atom stereocenters. The van der Waals surface area contributed by atoms with Gasteiger partial charge < -0.3 is 10.2 Å². The molecule has 3 heteroatoms.